The van der Waals surface area contributed by atoms with Crippen molar-refractivity contribution < 1.29 is 19.2 Å². The second kappa shape index (κ2) is 8.16. The number of anilines is 1. The summed E-state index contributed by atoms with van der Waals surface area (Å²) in [5.74, 6) is 1.98. The highest BCUT2D eigenvalue weighted by Gasteiger charge is 2.30. The minimum Gasteiger partial charge on any atom is -0.469 e. The SMILES string of the molecule is COC(=O)C1CCN(c2nc(C[NH+]3CCOCC3)nc3sc4c(c23)CCC4)CC1. The molecule has 0 unspecified atom stereocenters. The van der Waals surface area contributed by atoms with Crippen LogP contribution in [0.4, 0.5) is 5.82 Å². The van der Waals surface area contributed by atoms with Gasteiger partial charge in [0.25, 0.3) is 0 Å². The predicted octanol–water partition coefficient (Wildman–Crippen LogP) is 0.985. The Labute approximate surface area is 175 Å². The van der Waals surface area contributed by atoms with Crippen molar-refractivity contribution >= 4 is 33.3 Å². The van der Waals surface area contributed by atoms with E-state index in [2.05, 4.69) is 4.90 Å². The van der Waals surface area contributed by atoms with Gasteiger partial charge in [0, 0.05) is 18.0 Å². The molecule has 156 valence electrons. The molecular weight excluding hydrogens is 388 g/mol. The number of hydrogen-bond donors (Lipinski definition) is 1. The third-order valence-electron chi connectivity index (χ3n) is 6.53. The fourth-order valence-corrected chi connectivity index (χ4v) is 6.16. The Bertz CT molecular complexity index is 901. The zero-order chi connectivity index (χ0) is 19.8. The molecular formula is C21H29N4O3S+. The number of piperidine rings is 1. The van der Waals surface area contributed by atoms with Gasteiger partial charge in [-0.25, -0.2) is 9.97 Å². The number of morpholine rings is 1. The summed E-state index contributed by atoms with van der Waals surface area (Å²) in [6.45, 7) is 6.22. The second-order valence-electron chi connectivity index (χ2n) is 8.32. The molecule has 2 aromatic rings. The molecule has 7 nitrogen and oxygen atoms in total. The van der Waals surface area contributed by atoms with Gasteiger partial charge in [-0.2, -0.15) is 0 Å². The van der Waals surface area contributed by atoms with Crippen LogP contribution < -0.4 is 9.80 Å². The highest BCUT2D eigenvalue weighted by atomic mass is 32.1. The van der Waals surface area contributed by atoms with Crippen molar-refractivity contribution in [2.24, 2.45) is 5.92 Å². The van der Waals surface area contributed by atoms with Crippen molar-refractivity contribution in [3.63, 3.8) is 0 Å². The van der Waals surface area contributed by atoms with Crippen LogP contribution in [0.1, 0.15) is 35.5 Å². The molecule has 2 fully saturated rings. The number of nitrogens with one attached hydrogen (secondary N) is 1. The molecule has 0 saturated carbocycles. The topological polar surface area (TPSA) is 69.0 Å². The number of quaternary nitrogens is 1. The summed E-state index contributed by atoms with van der Waals surface area (Å²) in [5.41, 5.74) is 1.47. The number of methoxy groups -OCH3 is 1. The van der Waals surface area contributed by atoms with Crippen LogP contribution in [0.15, 0.2) is 0 Å². The number of carbonyl (C=O) groups is 1. The van der Waals surface area contributed by atoms with Crippen LogP contribution in [0.5, 0.6) is 0 Å². The van der Waals surface area contributed by atoms with Gasteiger partial charge < -0.3 is 19.3 Å². The molecule has 2 saturated heterocycles. The highest BCUT2D eigenvalue weighted by Crippen LogP contribution is 2.41. The van der Waals surface area contributed by atoms with E-state index in [1.165, 1.54) is 40.7 Å². The molecule has 4 heterocycles. The third kappa shape index (κ3) is 3.73. The van der Waals surface area contributed by atoms with Crippen molar-refractivity contribution in [2.75, 3.05) is 51.4 Å². The summed E-state index contributed by atoms with van der Waals surface area (Å²) >= 11 is 1.86. The summed E-state index contributed by atoms with van der Waals surface area (Å²) < 4.78 is 10.5. The van der Waals surface area contributed by atoms with E-state index in [1.807, 2.05) is 11.3 Å². The molecule has 8 heteroatoms. The number of esters is 1. The van der Waals surface area contributed by atoms with Crippen LogP contribution >= 0.6 is 11.3 Å². The lowest BCUT2D eigenvalue weighted by Crippen LogP contribution is -3.12. The van der Waals surface area contributed by atoms with Gasteiger partial charge in [-0.05, 0) is 37.7 Å². The van der Waals surface area contributed by atoms with Gasteiger partial charge in [0.05, 0.1) is 31.6 Å². The molecule has 0 bridgehead atoms. The minimum absolute atomic E-state index is 0.0130. The first-order valence-corrected chi connectivity index (χ1v) is 11.6. The van der Waals surface area contributed by atoms with Gasteiger partial charge >= 0.3 is 5.97 Å². The van der Waals surface area contributed by atoms with Gasteiger partial charge in [-0.3, -0.25) is 4.79 Å². The fourth-order valence-electron chi connectivity index (χ4n) is 4.88. The largest absolute Gasteiger partial charge is 0.469 e. The molecule has 3 aliphatic rings. The quantitative estimate of drug-likeness (QED) is 0.748. The van der Waals surface area contributed by atoms with Gasteiger partial charge in [0.1, 0.15) is 30.3 Å². The molecule has 0 radical (unpaired) electrons. The van der Waals surface area contributed by atoms with E-state index >= 15 is 0 Å². The van der Waals surface area contributed by atoms with Crippen molar-refractivity contribution in [2.45, 2.75) is 38.6 Å². The first kappa shape index (κ1) is 19.2. The number of aromatic nitrogens is 2. The Balaban J connectivity index is 1.46. The van der Waals surface area contributed by atoms with E-state index in [0.717, 1.165) is 81.7 Å². The molecule has 2 aliphatic heterocycles. The van der Waals surface area contributed by atoms with Crippen LogP contribution in [-0.4, -0.2) is 62.4 Å². The number of rotatable bonds is 4. The number of aryl methyl sites for hydroxylation is 2. The lowest BCUT2D eigenvalue weighted by molar-refractivity contribution is -0.922. The van der Waals surface area contributed by atoms with E-state index in [0.29, 0.717) is 0 Å². The summed E-state index contributed by atoms with van der Waals surface area (Å²) in [6.07, 6.45) is 5.20. The van der Waals surface area contributed by atoms with Crippen LogP contribution in [0.3, 0.4) is 0 Å². The monoisotopic (exact) mass is 417 g/mol. The lowest BCUT2D eigenvalue weighted by Gasteiger charge is -2.32. The van der Waals surface area contributed by atoms with Crippen LogP contribution in [0.25, 0.3) is 10.2 Å². The van der Waals surface area contributed by atoms with Gasteiger partial charge in [0.15, 0.2) is 5.82 Å². The predicted molar refractivity (Wildman–Crippen MR) is 112 cm³/mol. The first-order valence-electron chi connectivity index (χ1n) is 10.8. The van der Waals surface area contributed by atoms with Gasteiger partial charge in [-0.1, -0.05) is 0 Å². The molecule has 1 N–H and O–H groups in total. The van der Waals surface area contributed by atoms with Crippen molar-refractivity contribution in [3.8, 4) is 0 Å². The summed E-state index contributed by atoms with van der Waals surface area (Å²) in [7, 11) is 1.48. The maximum atomic E-state index is 11.9. The number of fused-ring (bicyclic) bond motifs is 3. The Hall–Kier alpha value is -1.77. The lowest BCUT2D eigenvalue weighted by atomic mass is 9.97. The Morgan fingerprint density at radius 2 is 2.03 bits per heavy atom. The Morgan fingerprint density at radius 1 is 1.24 bits per heavy atom. The zero-order valence-corrected chi connectivity index (χ0v) is 17.9. The van der Waals surface area contributed by atoms with E-state index in [9.17, 15) is 4.79 Å². The fraction of sp³-hybridized carbons (Fsp3) is 0.667. The molecule has 0 atom stereocenters. The van der Waals surface area contributed by atoms with E-state index in [4.69, 9.17) is 19.4 Å². The van der Waals surface area contributed by atoms with Gasteiger partial charge in [-0.15, -0.1) is 11.3 Å². The van der Waals surface area contributed by atoms with Crippen LogP contribution in [0.2, 0.25) is 0 Å². The summed E-state index contributed by atoms with van der Waals surface area (Å²) in [5, 5.41) is 1.28. The normalized spacial score (nSPS) is 20.9. The third-order valence-corrected chi connectivity index (χ3v) is 7.71. The molecule has 5 rings (SSSR count). The minimum atomic E-state index is -0.0782. The van der Waals surface area contributed by atoms with Gasteiger partial charge in [0.2, 0.25) is 0 Å². The standard InChI is InChI=1S/C21H28N4O3S/c1-27-21(26)14-5-7-25(8-6-14)19-18-15-3-2-4-16(15)29-20(18)23-17(22-19)13-24-9-11-28-12-10-24/h14H,2-13H2,1H3/p+1. The zero-order valence-electron chi connectivity index (χ0n) is 17.0. The number of thiophene rings is 1. The average molecular weight is 418 g/mol. The number of ether oxygens (including phenoxy) is 2. The van der Waals surface area contributed by atoms with Crippen molar-refractivity contribution in [1.29, 1.82) is 0 Å². The molecule has 0 amide bonds. The number of carbonyl (C=O) groups excluding carboxylic acids is 1. The molecule has 29 heavy (non-hydrogen) atoms. The summed E-state index contributed by atoms with van der Waals surface area (Å²) in [4.78, 5) is 28.5. The maximum Gasteiger partial charge on any atom is 0.308 e. The smallest absolute Gasteiger partial charge is 0.308 e. The van der Waals surface area contributed by atoms with Crippen LogP contribution in [-0.2, 0) is 33.7 Å². The number of hydrogen-bond acceptors (Lipinski definition) is 7. The number of nitrogens with zero attached hydrogens (tertiary/aromatic N) is 3. The summed E-state index contributed by atoms with van der Waals surface area (Å²) in [6, 6.07) is 0. The molecule has 0 spiro atoms. The highest BCUT2D eigenvalue weighted by molar-refractivity contribution is 7.19. The molecule has 1 aliphatic carbocycles. The van der Waals surface area contributed by atoms with Crippen molar-refractivity contribution in [1.82, 2.24) is 9.97 Å². The Morgan fingerprint density at radius 3 is 2.79 bits per heavy atom. The van der Waals surface area contributed by atoms with E-state index in [-0.39, 0.29) is 11.9 Å². The maximum absolute atomic E-state index is 11.9. The molecule has 2 aromatic heterocycles. The Kier molecular flexibility index (Phi) is 5.41. The molecule has 0 aromatic carbocycles. The first-order chi connectivity index (χ1) is 14.2. The second-order valence-corrected chi connectivity index (χ2v) is 9.41. The van der Waals surface area contributed by atoms with Crippen molar-refractivity contribution in [3.05, 3.63) is 16.3 Å². The average Bonchev–Trinajstić information content (AvgIpc) is 3.34. The van der Waals surface area contributed by atoms with E-state index in [1.54, 1.807) is 0 Å². The van der Waals surface area contributed by atoms with Crippen LogP contribution in [0, 0.1) is 5.92 Å². The van der Waals surface area contributed by atoms with E-state index < -0.39 is 0 Å².